The molecule has 0 radical (unpaired) electrons. The molecule has 0 fully saturated rings. The van der Waals surface area contributed by atoms with E-state index in [0.717, 1.165) is 18.5 Å². The predicted molar refractivity (Wildman–Crippen MR) is 117 cm³/mol. The predicted octanol–water partition coefficient (Wildman–Crippen LogP) is 3.95. The highest BCUT2D eigenvalue weighted by Gasteiger charge is 2.42. The molecular formula is C23H23ClN2O4. The normalized spacial score (nSPS) is 15.8. The van der Waals surface area contributed by atoms with Gasteiger partial charge in [0.05, 0.1) is 24.1 Å². The highest BCUT2D eigenvalue weighted by molar-refractivity contribution is 6.31. The summed E-state index contributed by atoms with van der Waals surface area (Å²) in [5.41, 5.74) is 1.34. The molecule has 0 aliphatic carbocycles. The number of fused-ring (bicyclic) bond motifs is 2. The summed E-state index contributed by atoms with van der Waals surface area (Å²) in [6.07, 6.45) is 0.777. The van der Waals surface area contributed by atoms with Crippen LogP contribution in [0.15, 0.2) is 51.7 Å². The van der Waals surface area contributed by atoms with Crippen LogP contribution < -0.4 is 10.2 Å². The van der Waals surface area contributed by atoms with Gasteiger partial charge in [-0.1, -0.05) is 23.7 Å². The standard InChI is InChI=1S/C23H23ClN2O4/c1-25(2)11-4-12-26-20(14-5-8-16(29-3)9-6-14)19-21(27)17-13-15(24)7-10-18(17)30-22(19)23(26)28/h5-10,13,20H,4,11-12H2,1-3H3/t20-/m1/s1. The maximum Gasteiger partial charge on any atom is 0.290 e. The first-order chi connectivity index (χ1) is 14.4. The van der Waals surface area contributed by atoms with Gasteiger partial charge >= 0.3 is 0 Å². The molecular weight excluding hydrogens is 404 g/mol. The molecule has 0 bridgehead atoms. The molecule has 0 N–H and O–H groups in total. The van der Waals surface area contributed by atoms with Gasteiger partial charge in [-0.25, -0.2) is 0 Å². The largest absolute Gasteiger partial charge is 0.497 e. The lowest BCUT2D eigenvalue weighted by Crippen LogP contribution is -2.32. The summed E-state index contributed by atoms with van der Waals surface area (Å²) < 4.78 is 11.2. The first-order valence-corrected chi connectivity index (χ1v) is 10.1. The highest BCUT2D eigenvalue weighted by Crippen LogP contribution is 2.38. The van der Waals surface area contributed by atoms with Gasteiger partial charge < -0.3 is 19.0 Å². The molecule has 1 atom stereocenters. The Labute approximate surface area is 179 Å². The third-order valence-corrected chi connectivity index (χ3v) is 5.60. The number of hydrogen-bond acceptors (Lipinski definition) is 5. The van der Waals surface area contributed by atoms with E-state index in [1.54, 1.807) is 30.2 Å². The van der Waals surface area contributed by atoms with Crippen LogP contribution in [0.5, 0.6) is 5.75 Å². The Morgan fingerprint density at radius 3 is 2.53 bits per heavy atom. The number of rotatable bonds is 6. The van der Waals surface area contributed by atoms with Gasteiger partial charge in [-0.15, -0.1) is 0 Å². The summed E-state index contributed by atoms with van der Waals surface area (Å²) in [4.78, 5) is 30.5. The Morgan fingerprint density at radius 2 is 1.87 bits per heavy atom. The molecule has 30 heavy (non-hydrogen) atoms. The summed E-state index contributed by atoms with van der Waals surface area (Å²) in [7, 11) is 5.58. The zero-order valence-corrected chi connectivity index (χ0v) is 17.9. The van der Waals surface area contributed by atoms with Crippen molar-refractivity contribution < 1.29 is 13.9 Å². The maximum atomic E-state index is 13.4. The number of amides is 1. The number of nitrogens with zero attached hydrogens (tertiary/aromatic N) is 2. The van der Waals surface area contributed by atoms with E-state index in [2.05, 4.69) is 4.90 Å². The topological polar surface area (TPSA) is 63.0 Å². The van der Waals surface area contributed by atoms with E-state index in [0.29, 0.717) is 33.8 Å². The molecule has 0 spiro atoms. The molecule has 3 aromatic rings. The average molecular weight is 427 g/mol. The minimum absolute atomic E-state index is 0.112. The summed E-state index contributed by atoms with van der Waals surface area (Å²) in [5, 5.41) is 0.825. The molecule has 0 saturated carbocycles. The van der Waals surface area contributed by atoms with Crippen molar-refractivity contribution >= 4 is 28.5 Å². The Morgan fingerprint density at radius 1 is 1.13 bits per heavy atom. The lowest BCUT2D eigenvalue weighted by Gasteiger charge is -2.25. The van der Waals surface area contributed by atoms with Crippen LogP contribution in [-0.4, -0.2) is 50.0 Å². The average Bonchev–Trinajstić information content (AvgIpc) is 3.01. The molecule has 1 aliphatic rings. The van der Waals surface area contributed by atoms with Crippen LogP contribution in [0.2, 0.25) is 5.02 Å². The number of carbonyl (C=O) groups excluding carboxylic acids is 1. The summed E-state index contributed by atoms with van der Waals surface area (Å²) in [6.45, 7) is 1.34. The molecule has 0 unspecified atom stereocenters. The monoisotopic (exact) mass is 426 g/mol. The second-order valence-corrected chi connectivity index (χ2v) is 8.08. The first kappa shape index (κ1) is 20.4. The zero-order valence-electron chi connectivity index (χ0n) is 17.1. The molecule has 156 valence electrons. The first-order valence-electron chi connectivity index (χ1n) is 9.76. The number of ether oxygens (including phenoxy) is 1. The van der Waals surface area contributed by atoms with Crippen molar-refractivity contribution in [2.75, 3.05) is 34.3 Å². The summed E-state index contributed by atoms with van der Waals surface area (Å²) in [6, 6.07) is 11.8. The van der Waals surface area contributed by atoms with Crippen molar-refractivity contribution in [2.24, 2.45) is 0 Å². The SMILES string of the molecule is COc1ccc([C@@H]2c3c(oc4ccc(Cl)cc4c3=O)C(=O)N2CCCN(C)C)cc1. The third kappa shape index (κ3) is 3.57. The van der Waals surface area contributed by atoms with Gasteiger partial charge in [-0.05, 0) is 63.0 Å². The molecule has 0 saturated heterocycles. The van der Waals surface area contributed by atoms with Crippen LogP contribution in [0.25, 0.3) is 11.0 Å². The van der Waals surface area contributed by atoms with Crippen molar-refractivity contribution in [3.05, 3.63) is 74.6 Å². The van der Waals surface area contributed by atoms with E-state index in [9.17, 15) is 9.59 Å². The van der Waals surface area contributed by atoms with Crippen molar-refractivity contribution in [1.82, 2.24) is 9.80 Å². The van der Waals surface area contributed by atoms with Crippen molar-refractivity contribution in [2.45, 2.75) is 12.5 Å². The molecule has 2 heterocycles. The minimum atomic E-state index is -0.514. The lowest BCUT2D eigenvalue weighted by molar-refractivity contribution is 0.0722. The van der Waals surface area contributed by atoms with Crippen LogP contribution in [0.1, 0.15) is 34.1 Å². The van der Waals surface area contributed by atoms with Gasteiger partial charge in [0.1, 0.15) is 11.3 Å². The Balaban J connectivity index is 1.86. The molecule has 7 heteroatoms. The van der Waals surface area contributed by atoms with Crippen LogP contribution in [0.4, 0.5) is 0 Å². The minimum Gasteiger partial charge on any atom is -0.497 e. The number of hydrogen-bond donors (Lipinski definition) is 0. The molecule has 4 rings (SSSR count). The van der Waals surface area contributed by atoms with Gasteiger partial charge in [-0.2, -0.15) is 0 Å². The zero-order chi connectivity index (χ0) is 21.4. The lowest BCUT2D eigenvalue weighted by atomic mass is 9.98. The van der Waals surface area contributed by atoms with Crippen molar-refractivity contribution in [1.29, 1.82) is 0 Å². The van der Waals surface area contributed by atoms with E-state index >= 15 is 0 Å². The second kappa shape index (κ2) is 8.13. The van der Waals surface area contributed by atoms with Gasteiger partial charge in [0.15, 0.2) is 5.43 Å². The van der Waals surface area contributed by atoms with E-state index in [1.807, 2.05) is 38.4 Å². The fourth-order valence-corrected chi connectivity index (χ4v) is 4.09. The fourth-order valence-electron chi connectivity index (χ4n) is 3.91. The molecule has 1 amide bonds. The van der Waals surface area contributed by atoms with E-state index in [1.165, 1.54) is 0 Å². The van der Waals surface area contributed by atoms with Gasteiger partial charge in [0.25, 0.3) is 5.91 Å². The summed E-state index contributed by atoms with van der Waals surface area (Å²) >= 11 is 6.11. The molecule has 6 nitrogen and oxygen atoms in total. The molecule has 1 aliphatic heterocycles. The highest BCUT2D eigenvalue weighted by atomic mass is 35.5. The van der Waals surface area contributed by atoms with Crippen LogP contribution >= 0.6 is 11.6 Å². The van der Waals surface area contributed by atoms with Crippen LogP contribution in [0.3, 0.4) is 0 Å². The number of benzene rings is 2. The number of halogens is 1. The Bertz CT molecular complexity index is 1150. The van der Waals surface area contributed by atoms with E-state index < -0.39 is 6.04 Å². The molecule has 2 aromatic carbocycles. The Hall–Kier alpha value is -2.83. The van der Waals surface area contributed by atoms with E-state index in [-0.39, 0.29) is 17.1 Å². The third-order valence-electron chi connectivity index (χ3n) is 5.36. The van der Waals surface area contributed by atoms with Gasteiger partial charge in [-0.3, -0.25) is 9.59 Å². The van der Waals surface area contributed by atoms with Gasteiger partial charge in [0.2, 0.25) is 5.76 Å². The second-order valence-electron chi connectivity index (χ2n) is 7.65. The van der Waals surface area contributed by atoms with E-state index in [4.69, 9.17) is 20.8 Å². The smallest absolute Gasteiger partial charge is 0.290 e. The van der Waals surface area contributed by atoms with Crippen LogP contribution in [-0.2, 0) is 0 Å². The van der Waals surface area contributed by atoms with Crippen LogP contribution in [0, 0.1) is 0 Å². The molecule has 1 aromatic heterocycles. The number of carbonyl (C=O) groups is 1. The number of methoxy groups -OCH3 is 1. The maximum absolute atomic E-state index is 13.4. The quantitative estimate of drug-likeness (QED) is 0.597. The Kier molecular flexibility index (Phi) is 5.54. The fraction of sp³-hybridized carbons (Fsp3) is 0.304. The summed E-state index contributed by atoms with van der Waals surface area (Å²) in [5.74, 6) is 0.554. The van der Waals surface area contributed by atoms with Gasteiger partial charge in [0, 0.05) is 11.6 Å². The van der Waals surface area contributed by atoms with Crippen molar-refractivity contribution in [3.63, 3.8) is 0 Å². The van der Waals surface area contributed by atoms with Crippen molar-refractivity contribution in [3.8, 4) is 5.75 Å².